The molecular weight excluding hydrogens is 326 g/mol. The van der Waals surface area contributed by atoms with E-state index in [1.54, 1.807) is 11.3 Å². The quantitative estimate of drug-likeness (QED) is 0.823. The summed E-state index contributed by atoms with van der Waals surface area (Å²) in [5.74, 6) is 0. The van der Waals surface area contributed by atoms with Gasteiger partial charge in [0.15, 0.2) is 0 Å². The highest BCUT2D eigenvalue weighted by Crippen LogP contribution is 2.35. The molecule has 2 nitrogen and oxygen atoms in total. The molecule has 4 heteroatoms. The lowest BCUT2D eigenvalue weighted by atomic mass is 9.76. The number of rotatable bonds is 6. The van der Waals surface area contributed by atoms with Crippen LogP contribution in [0.5, 0.6) is 0 Å². The second-order valence-corrected chi connectivity index (χ2v) is 8.46. The van der Waals surface area contributed by atoms with Crippen molar-refractivity contribution < 1.29 is 5.11 Å². The van der Waals surface area contributed by atoms with Gasteiger partial charge >= 0.3 is 0 Å². The zero-order valence-electron chi connectivity index (χ0n) is 13.4. The smallest absolute Gasteiger partial charge is 0.0931 e. The minimum absolute atomic E-state index is 0.0369. The van der Waals surface area contributed by atoms with Crippen molar-refractivity contribution in [3.8, 4) is 0 Å². The highest BCUT2D eigenvalue weighted by molar-refractivity contribution is 7.16. The molecule has 1 aliphatic heterocycles. The van der Waals surface area contributed by atoms with E-state index < -0.39 is 0 Å². The Bertz CT molecular complexity index is 615. The number of aryl methyl sites for hydroxylation is 1. The van der Waals surface area contributed by atoms with Gasteiger partial charge in [-0.1, -0.05) is 41.9 Å². The van der Waals surface area contributed by atoms with Crippen LogP contribution in [-0.4, -0.2) is 29.7 Å². The van der Waals surface area contributed by atoms with Gasteiger partial charge in [-0.25, -0.2) is 0 Å². The summed E-state index contributed by atoms with van der Waals surface area (Å²) in [7, 11) is 0. The van der Waals surface area contributed by atoms with Gasteiger partial charge in [-0.05, 0) is 49.9 Å². The first kappa shape index (κ1) is 17.0. The molecule has 0 amide bonds. The first-order chi connectivity index (χ1) is 11.2. The fourth-order valence-electron chi connectivity index (χ4n) is 3.57. The molecule has 0 bridgehead atoms. The first-order valence-electron chi connectivity index (χ1n) is 8.30. The van der Waals surface area contributed by atoms with Gasteiger partial charge < -0.3 is 5.11 Å². The summed E-state index contributed by atoms with van der Waals surface area (Å²) in [6, 6.07) is 14.7. The summed E-state index contributed by atoms with van der Waals surface area (Å²) >= 11 is 7.70. The molecule has 2 heterocycles. The maximum atomic E-state index is 10.1. The van der Waals surface area contributed by atoms with Crippen LogP contribution in [0.15, 0.2) is 42.5 Å². The lowest BCUT2D eigenvalue weighted by Crippen LogP contribution is -2.45. The van der Waals surface area contributed by atoms with E-state index in [1.807, 2.05) is 6.07 Å². The van der Waals surface area contributed by atoms with Crippen LogP contribution in [0.2, 0.25) is 4.34 Å². The highest BCUT2D eigenvalue weighted by atomic mass is 35.5. The number of thiophene rings is 1. The van der Waals surface area contributed by atoms with E-state index in [-0.39, 0.29) is 12.0 Å². The molecule has 1 atom stereocenters. The Kier molecular flexibility index (Phi) is 5.76. The summed E-state index contributed by atoms with van der Waals surface area (Å²) in [6.45, 7) is 3.32. The van der Waals surface area contributed by atoms with Crippen LogP contribution in [0, 0.1) is 5.41 Å². The number of aliphatic hydroxyl groups is 1. The van der Waals surface area contributed by atoms with Crippen molar-refractivity contribution in [1.29, 1.82) is 0 Å². The lowest BCUT2D eigenvalue weighted by molar-refractivity contribution is 0.0228. The predicted molar refractivity (Wildman–Crippen MR) is 98.1 cm³/mol. The number of benzene rings is 1. The third kappa shape index (κ3) is 4.57. The molecule has 23 heavy (non-hydrogen) atoms. The molecule has 3 rings (SSSR count). The molecule has 0 radical (unpaired) electrons. The Morgan fingerprint density at radius 1 is 1.17 bits per heavy atom. The van der Waals surface area contributed by atoms with Crippen LogP contribution in [0.25, 0.3) is 0 Å². The van der Waals surface area contributed by atoms with Gasteiger partial charge in [0.2, 0.25) is 0 Å². The Balaban J connectivity index is 1.61. The van der Waals surface area contributed by atoms with Gasteiger partial charge in [0.1, 0.15) is 0 Å². The van der Waals surface area contributed by atoms with Crippen molar-refractivity contribution in [2.45, 2.75) is 32.2 Å². The van der Waals surface area contributed by atoms with Gasteiger partial charge in [0.25, 0.3) is 0 Å². The summed E-state index contributed by atoms with van der Waals surface area (Å²) in [5, 5.41) is 10.1. The molecular formula is C19H24ClNOS. The van der Waals surface area contributed by atoms with Crippen LogP contribution in [0.4, 0.5) is 0 Å². The van der Waals surface area contributed by atoms with E-state index in [4.69, 9.17) is 11.6 Å². The van der Waals surface area contributed by atoms with Crippen LogP contribution in [-0.2, 0) is 13.0 Å². The van der Waals surface area contributed by atoms with Crippen LogP contribution in [0.1, 0.15) is 29.7 Å². The Morgan fingerprint density at radius 3 is 2.70 bits per heavy atom. The molecule has 0 spiro atoms. The van der Waals surface area contributed by atoms with E-state index in [0.717, 1.165) is 49.7 Å². The van der Waals surface area contributed by atoms with Crippen molar-refractivity contribution in [2.75, 3.05) is 19.7 Å². The third-order valence-corrected chi connectivity index (χ3v) is 6.09. The number of piperidine rings is 1. The second kappa shape index (κ2) is 7.80. The summed E-state index contributed by atoms with van der Waals surface area (Å²) in [5.41, 5.74) is 1.40. The minimum Gasteiger partial charge on any atom is -0.396 e. The number of halogens is 1. The van der Waals surface area contributed by atoms with Crippen molar-refractivity contribution in [2.24, 2.45) is 5.41 Å². The van der Waals surface area contributed by atoms with E-state index in [1.165, 1.54) is 10.4 Å². The predicted octanol–water partition coefficient (Wildman–Crippen LogP) is 4.61. The largest absolute Gasteiger partial charge is 0.396 e. The van der Waals surface area contributed by atoms with Gasteiger partial charge in [0, 0.05) is 30.0 Å². The van der Waals surface area contributed by atoms with Crippen molar-refractivity contribution >= 4 is 22.9 Å². The maximum Gasteiger partial charge on any atom is 0.0931 e. The average molecular weight is 350 g/mol. The van der Waals surface area contributed by atoms with Gasteiger partial charge in [-0.2, -0.15) is 0 Å². The zero-order chi connectivity index (χ0) is 16.1. The van der Waals surface area contributed by atoms with E-state index in [9.17, 15) is 5.11 Å². The summed E-state index contributed by atoms with van der Waals surface area (Å²) in [6.07, 6.45) is 4.38. The molecule has 1 aliphatic rings. The standard InChI is InChI=1S/C19H24ClNOS/c20-18-8-7-17(23-18)13-21-12-4-10-19(14-21,15-22)11-9-16-5-2-1-3-6-16/h1-3,5-8,22H,4,9-15H2. The molecule has 2 aromatic rings. The molecule has 0 aliphatic carbocycles. The molecule has 1 unspecified atom stereocenters. The van der Waals surface area contributed by atoms with Crippen molar-refractivity contribution in [3.63, 3.8) is 0 Å². The zero-order valence-corrected chi connectivity index (χ0v) is 15.0. The van der Waals surface area contributed by atoms with Crippen molar-refractivity contribution in [3.05, 3.63) is 57.2 Å². The van der Waals surface area contributed by atoms with Crippen LogP contribution in [0.3, 0.4) is 0 Å². The maximum absolute atomic E-state index is 10.1. The Morgan fingerprint density at radius 2 is 2.00 bits per heavy atom. The van der Waals surface area contributed by atoms with Gasteiger partial charge in [0.05, 0.1) is 4.34 Å². The first-order valence-corrected chi connectivity index (χ1v) is 9.50. The minimum atomic E-state index is 0.0369. The van der Waals surface area contributed by atoms with E-state index >= 15 is 0 Å². The fraction of sp³-hybridized carbons (Fsp3) is 0.474. The highest BCUT2D eigenvalue weighted by Gasteiger charge is 2.34. The third-order valence-electron chi connectivity index (χ3n) is 4.87. The van der Waals surface area contributed by atoms with Crippen molar-refractivity contribution in [1.82, 2.24) is 4.90 Å². The van der Waals surface area contributed by atoms with Gasteiger partial charge in [-0.15, -0.1) is 11.3 Å². The van der Waals surface area contributed by atoms with Gasteiger partial charge in [-0.3, -0.25) is 4.90 Å². The Hall–Kier alpha value is -0.870. The molecule has 1 aromatic carbocycles. The monoisotopic (exact) mass is 349 g/mol. The molecule has 1 fully saturated rings. The number of hydrogen-bond acceptors (Lipinski definition) is 3. The normalized spacial score (nSPS) is 22.3. The second-order valence-electron chi connectivity index (χ2n) is 6.66. The average Bonchev–Trinajstić information content (AvgIpc) is 2.99. The topological polar surface area (TPSA) is 23.5 Å². The molecule has 1 N–H and O–H groups in total. The lowest BCUT2D eigenvalue weighted by Gasteiger charge is -2.42. The number of aliphatic hydroxyl groups excluding tert-OH is 1. The number of likely N-dealkylation sites (tertiary alicyclic amines) is 1. The van der Waals surface area contributed by atoms with Crippen LogP contribution < -0.4 is 0 Å². The molecule has 1 saturated heterocycles. The molecule has 0 saturated carbocycles. The molecule has 124 valence electrons. The van der Waals surface area contributed by atoms with E-state index in [2.05, 4.69) is 41.3 Å². The summed E-state index contributed by atoms with van der Waals surface area (Å²) in [4.78, 5) is 3.79. The Labute approximate surface area is 147 Å². The SMILES string of the molecule is OCC1(CCc2ccccc2)CCCN(Cc2ccc(Cl)s2)C1. The number of hydrogen-bond donors (Lipinski definition) is 1. The van der Waals surface area contributed by atoms with Crippen LogP contribution >= 0.6 is 22.9 Å². The van der Waals surface area contributed by atoms with E-state index in [0.29, 0.717) is 0 Å². The fourth-order valence-corrected chi connectivity index (χ4v) is 4.70. The molecule has 1 aromatic heterocycles. The summed E-state index contributed by atoms with van der Waals surface area (Å²) < 4.78 is 0.856. The number of nitrogens with zero attached hydrogens (tertiary/aromatic N) is 1.